The normalized spacial score (nSPS) is 18.4. The van der Waals surface area contributed by atoms with E-state index in [2.05, 4.69) is 0 Å². The number of nitrogens with zero attached hydrogens (tertiary/aromatic N) is 1. The highest BCUT2D eigenvalue weighted by molar-refractivity contribution is 14.1. The Balaban J connectivity index is 2.10. The summed E-state index contributed by atoms with van der Waals surface area (Å²) in [5.41, 5.74) is 6.08. The van der Waals surface area contributed by atoms with Crippen LogP contribution in [0.25, 0.3) is 0 Å². The number of hydrogen-bond donors (Lipinski definition) is 1. The summed E-state index contributed by atoms with van der Waals surface area (Å²) in [6, 6.07) is 4.87. The second kappa shape index (κ2) is 6.17. The number of piperidine rings is 1. The van der Waals surface area contributed by atoms with Gasteiger partial charge in [-0.2, -0.15) is 0 Å². The number of benzene rings is 1. The Morgan fingerprint density at radius 2 is 2.11 bits per heavy atom. The Kier molecular flexibility index (Phi) is 4.78. The van der Waals surface area contributed by atoms with Crippen LogP contribution in [-0.4, -0.2) is 29.9 Å². The average molecular weight is 376 g/mol. The van der Waals surface area contributed by atoms with E-state index in [1.165, 1.54) is 6.07 Å². The van der Waals surface area contributed by atoms with Crippen molar-refractivity contribution < 1.29 is 9.18 Å². The zero-order valence-corrected chi connectivity index (χ0v) is 13.1. The van der Waals surface area contributed by atoms with Crippen molar-refractivity contribution in [2.75, 3.05) is 13.1 Å². The summed E-state index contributed by atoms with van der Waals surface area (Å²) in [7, 11) is 0. The second-order valence-corrected chi connectivity index (χ2v) is 6.25. The molecule has 1 aromatic rings. The van der Waals surface area contributed by atoms with E-state index in [0.29, 0.717) is 22.6 Å². The number of nitrogens with two attached hydrogens (primary N) is 1. The molecule has 0 spiro atoms. The topological polar surface area (TPSA) is 46.3 Å². The first-order valence-electron chi connectivity index (χ1n) is 6.49. The molecular formula is C14H18FIN2O. The minimum atomic E-state index is -0.439. The molecule has 1 fully saturated rings. The first-order valence-corrected chi connectivity index (χ1v) is 7.57. The highest BCUT2D eigenvalue weighted by Gasteiger charge is 2.27. The molecule has 0 radical (unpaired) electrons. The lowest BCUT2D eigenvalue weighted by Gasteiger charge is -2.34. The lowest BCUT2D eigenvalue weighted by atomic mass is 9.90. The minimum Gasteiger partial charge on any atom is -0.339 e. The summed E-state index contributed by atoms with van der Waals surface area (Å²) < 4.78 is 14.5. The highest BCUT2D eigenvalue weighted by atomic mass is 127. The predicted octanol–water partition coefficient (Wildman–Crippen LogP) is 2.63. The monoisotopic (exact) mass is 376 g/mol. The first kappa shape index (κ1) is 14.7. The van der Waals surface area contributed by atoms with Crippen molar-refractivity contribution in [3.8, 4) is 0 Å². The molecule has 2 rings (SSSR count). The lowest BCUT2D eigenvalue weighted by molar-refractivity contribution is 0.0675. The number of halogens is 2. The summed E-state index contributed by atoms with van der Waals surface area (Å²) in [4.78, 5) is 14.1. The molecule has 5 heteroatoms. The zero-order valence-electron chi connectivity index (χ0n) is 10.9. The van der Waals surface area contributed by atoms with Gasteiger partial charge < -0.3 is 10.6 Å². The maximum Gasteiger partial charge on any atom is 0.257 e. The first-order chi connectivity index (χ1) is 9.00. The molecule has 19 heavy (non-hydrogen) atoms. The van der Waals surface area contributed by atoms with Gasteiger partial charge in [-0.05, 0) is 60.4 Å². The summed E-state index contributed by atoms with van der Waals surface area (Å²) in [6.45, 7) is 3.33. The molecule has 1 aliphatic heterocycles. The molecule has 3 nitrogen and oxygen atoms in total. The number of amides is 1. The molecule has 1 amide bonds. The zero-order chi connectivity index (χ0) is 14.0. The van der Waals surface area contributed by atoms with Gasteiger partial charge in [0.25, 0.3) is 5.91 Å². The molecule has 1 heterocycles. The van der Waals surface area contributed by atoms with Gasteiger partial charge in [-0.3, -0.25) is 4.79 Å². The summed E-state index contributed by atoms with van der Waals surface area (Å²) in [5.74, 6) is -0.180. The van der Waals surface area contributed by atoms with E-state index in [-0.39, 0.29) is 17.5 Å². The van der Waals surface area contributed by atoms with E-state index in [1.54, 1.807) is 17.0 Å². The van der Waals surface area contributed by atoms with E-state index < -0.39 is 5.82 Å². The predicted molar refractivity (Wildman–Crippen MR) is 81.4 cm³/mol. The molecule has 0 aromatic heterocycles. The number of likely N-dealkylation sites (tertiary alicyclic amines) is 1. The third kappa shape index (κ3) is 3.25. The average Bonchev–Trinajstić information content (AvgIpc) is 2.38. The molecule has 1 saturated heterocycles. The minimum absolute atomic E-state index is 0.158. The van der Waals surface area contributed by atoms with Crippen LogP contribution in [0.15, 0.2) is 18.2 Å². The van der Waals surface area contributed by atoms with Crippen LogP contribution in [-0.2, 0) is 0 Å². The van der Waals surface area contributed by atoms with E-state index in [4.69, 9.17) is 5.73 Å². The standard InChI is InChI=1S/C14H18FIN2O/c1-9(17)10-5-7-18(8-6-10)14(19)13-11(15)3-2-4-12(13)16/h2-4,9-10H,5-8,17H2,1H3. The molecule has 1 atom stereocenters. The van der Waals surface area contributed by atoms with Gasteiger partial charge in [-0.25, -0.2) is 4.39 Å². The Morgan fingerprint density at radius 3 is 2.63 bits per heavy atom. The molecule has 0 bridgehead atoms. The molecule has 0 saturated carbocycles. The fraction of sp³-hybridized carbons (Fsp3) is 0.500. The van der Waals surface area contributed by atoms with Crippen molar-refractivity contribution in [1.29, 1.82) is 0 Å². The highest BCUT2D eigenvalue weighted by Crippen LogP contribution is 2.23. The smallest absolute Gasteiger partial charge is 0.257 e. The van der Waals surface area contributed by atoms with Crippen molar-refractivity contribution in [2.24, 2.45) is 11.7 Å². The third-order valence-corrected chi connectivity index (χ3v) is 4.65. The van der Waals surface area contributed by atoms with E-state index in [0.717, 1.165) is 12.8 Å². The van der Waals surface area contributed by atoms with Gasteiger partial charge in [0.05, 0.1) is 5.56 Å². The maximum atomic E-state index is 13.8. The molecule has 104 valence electrons. The largest absolute Gasteiger partial charge is 0.339 e. The molecule has 0 aliphatic carbocycles. The van der Waals surface area contributed by atoms with Crippen molar-refractivity contribution in [2.45, 2.75) is 25.8 Å². The Labute approximate surface area is 126 Å². The summed E-state index contributed by atoms with van der Waals surface area (Å²) >= 11 is 2.00. The Hall–Kier alpha value is -0.690. The van der Waals surface area contributed by atoms with Crippen molar-refractivity contribution in [1.82, 2.24) is 4.90 Å². The van der Waals surface area contributed by atoms with Crippen molar-refractivity contribution >= 4 is 28.5 Å². The van der Waals surface area contributed by atoms with Crippen LogP contribution in [0.5, 0.6) is 0 Å². The number of carbonyl (C=O) groups excluding carboxylic acids is 1. The van der Waals surface area contributed by atoms with Crippen LogP contribution >= 0.6 is 22.6 Å². The van der Waals surface area contributed by atoms with Crippen molar-refractivity contribution in [3.63, 3.8) is 0 Å². The maximum absolute atomic E-state index is 13.8. The number of hydrogen-bond acceptors (Lipinski definition) is 2. The fourth-order valence-electron chi connectivity index (χ4n) is 2.49. The molecule has 1 unspecified atom stereocenters. The lowest BCUT2D eigenvalue weighted by Crippen LogP contribution is -2.43. The fourth-order valence-corrected chi connectivity index (χ4v) is 3.18. The van der Waals surface area contributed by atoms with E-state index in [1.807, 2.05) is 29.5 Å². The van der Waals surface area contributed by atoms with Gasteiger partial charge in [0.1, 0.15) is 5.82 Å². The molecule has 1 aliphatic rings. The Morgan fingerprint density at radius 1 is 1.47 bits per heavy atom. The number of carbonyl (C=O) groups is 1. The van der Waals surface area contributed by atoms with E-state index >= 15 is 0 Å². The van der Waals surface area contributed by atoms with Crippen molar-refractivity contribution in [3.05, 3.63) is 33.1 Å². The summed E-state index contributed by atoms with van der Waals surface area (Å²) in [6.07, 6.45) is 1.79. The quantitative estimate of drug-likeness (QED) is 0.807. The van der Waals surface area contributed by atoms with Crippen LogP contribution in [0, 0.1) is 15.3 Å². The third-order valence-electron chi connectivity index (χ3n) is 3.75. The molecular weight excluding hydrogens is 358 g/mol. The summed E-state index contributed by atoms with van der Waals surface area (Å²) in [5, 5.41) is 0. The SMILES string of the molecule is CC(N)C1CCN(C(=O)c2c(F)cccc2I)CC1. The van der Waals surface area contributed by atoms with E-state index in [9.17, 15) is 9.18 Å². The van der Waals surface area contributed by atoms with Crippen LogP contribution in [0.1, 0.15) is 30.1 Å². The Bertz CT molecular complexity index is 450. The van der Waals surface area contributed by atoms with Crippen LogP contribution in [0.2, 0.25) is 0 Å². The van der Waals surface area contributed by atoms with Gasteiger partial charge in [0, 0.05) is 22.7 Å². The molecule has 1 aromatic carbocycles. The number of rotatable bonds is 2. The second-order valence-electron chi connectivity index (χ2n) is 5.09. The van der Waals surface area contributed by atoms with Crippen LogP contribution in [0.4, 0.5) is 4.39 Å². The van der Waals surface area contributed by atoms with Gasteiger partial charge >= 0.3 is 0 Å². The van der Waals surface area contributed by atoms with Crippen LogP contribution < -0.4 is 5.73 Å². The van der Waals surface area contributed by atoms with Gasteiger partial charge in [0.15, 0.2) is 0 Å². The molecule has 2 N–H and O–H groups in total. The van der Waals surface area contributed by atoms with Gasteiger partial charge in [-0.15, -0.1) is 0 Å². The van der Waals surface area contributed by atoms with Gasteiger partial charge in [-0.1, -0.05) is 6.07 Å². The van der Waals surface area contributed by atoms with Crippen LogP contribution in [0.3, 0.4) is 0 Å². The van der Waals surface area contributed by atoms with Gasteiger partial charge in [0.2, 0.25) is 0 Å².